The van der Waals surface area contributed by atoms with Crippen LogP contribution in [0.2, 0.25) is 0 Å². The molecule has 1 heterocycles. The van der Waals surface area contributed by atoms with Gasteiger partial charge >= 0.3 is 0 Å². The van der Waals surface area contributed by atoms with E-state index < -0.39 is 4.92 Å². The Kier molecular flexibility index (Phi) is 4.71. The number of hydrogen-bond acceptors (Lipinski definition) is 6. The number of nitro benzene ring substituents is 1. The Morgan fingerprint density at radius 2 is 2.18 bits per heavy atom. The molecule has 0 radical (unpaired) electrons. The van der Waals surface area contributed by atoms with E-state index in [1.165, 1.54) is 23.7 Å². The second-order valence-corrected chi connectivity index (χ2v) is 5.54. The van der Waals surface area contributed by atoms with Crippen molar-refractivity contribution in [3.63, 3.8) is 0 Å². The summed E-state index contributed by atoms with van der Waals surface area (Å²) in [5.74, 6) is -0.255. The Balaban J connectivity index is 2.19. The van der Waals surface area contributed by atoms with Crippen molar-refractivity contribution < 1.29 is 9.72 Å². The molecule has 0 saturated heterocycles. The largest absolute Gasteiger partial charge is 0.378 e. The van der Waals surface area contributed by atoms with Crippen molar-refractivity contribution in [1.29, 1.82) is 0 Å². The molecule has 2 N–H and O–H groups in total. The van der Waals surface area contributed by atoms with Crippen molar-refractivity contribution in [2.24, 2.45) is 0 Å². The molecule has 7 nitrogen and oxygen atoms in total. The third-order valence-electron chi connectivity index (χ3n) is 3.25. The number of carbonyl (C=O) groups excluding carboxylic acids is 1. The van der Waals surface area contributed by atoms with Gasteiger partial charge in [-0.05, 0) is 30.9 Å². The molecule has 1 atom stereocenters. The van der Waals surface area contributed by atoms with Gasteiger partial charge in [0, 0.05) is 19.2 Å². The molecule has 0 bridgehead atoms. The average Bonchev–Trinajstić information content (AvgIpc) is 2.88. The smallest absolute Gasteiger partial charge is 0.269 e. The van der Waals surface area contributed by atoms with Crippen LogP contribution < -0.4 is 10.6 Å². The minimum Gasteiger partial charge on any atom is -0.378 e. The van der Waals surface area contributed by atoms with E-state index in [0.717, 1.165) is 0 Å². The molecule has 116 valence electrons. The first kappa shape index (κ1) is 15.9. The van der Waals surface area contributed by atoms with Gasteiger partial charge in [-0.3, -0.25) is 14.9 Å². The highest BCUT2D eigenvalue weighted by atomic mass is 32.1. The molecule has 22 heavy (non-hydrogen) atoms. The number of anilines is 1. The summed E-state index contributed by atoms with van der Waals surface area (Å²) in [6.07, 6.45) is 0. The summed E-state index contributed by atoms with van der Waals surface area (Å²) in [6.45, 7) is 3.55. The van der Waals surface area contributed by atoms with Crippen LogP contribution in [0, 0.1) is 17.0 Å². The highest BCUT2D eigenvalue weighted by Gasteiger charge is 2.20. The van der Waals surface area contributed by atoms with Gasteiger partial charge in [0.1, 0.15) is 5.00 Å². The van der Waals surface area contributed by atoms with E-state index in [0.29, 0.717) is 21.8 Å². The zero-order chi connectivity index (χ0) is 16.3. The first-order valence-electron chi connectivity index (χ1n) is 6.63. The third-order valence-corrected chi connectivity index (χ3v) is 4.20. The molecule has 1 amide bonds. The molecular formula is C14H16N4O3S. The molecule has 8 heteroatoms. The normalized spacial score (nSPS) is 11.8. The monoisotopic (exact) mass is 320 g/mol. The number of aromatic nitrogens is 1. The maximum atomic E-state index is 12.4. The first-order chi connectivity index (χ1) is 10.4. The lowest BCUT2D eigenvalue weighted by atomic mass is 10.1. The summed E-state index contributed by atoms with van der Waals surface area (Å²) in [7, 11) is 1.73. The molecular weight excluding hydrogens is 304 g/mol. The number of aryl methyl sites for hydroxylation is 1. The average molecular weight is 320 g/mol. The second-order valence-electron chi connectivity index (χ2n) is 4.77. The molecule has 0 aliphatic rings. The van der Waals surface area contributed by atoms with Crippen LogP contribution in [0.3, 0.4) is 0 Å². The first-order valence-corrected chi connectivity index (χ1v) is 7.40. The SMILES string of the molecule is CNc1snc(C)c1C(=O)N[C@H](C)c1cccc([N+](=O)[O-])c1. The van der Waals surface area contributed by atoms with Crippen molar-refractivity contribution in [1.82, 2.24) is 9.69 Å². The fourth-order valence-corrected chi connectivity index (χ4v) is 2.81. The second kappa shape index (κ2) is 6.52. The van der Waals surface area contributed by atoms with E-state index in [-0.39, 0.29) is 17.6 Å². The summed E-state index contributed by atoms with van der Waals surface area (Å²) in [6, 6.07) is 5.88. The standard InChI is InChI=1S/C14H16N4O3S/c1-8(10-5-4-6-11(7-10)18(20)21)16-13(19)12-9(2)17-22-14(12)15-3/h4-8,15H,1-3H3,(H,16,19)/t8-/m1/s1. The van der Waals surface area contributed by atoms with Gasteiger partial charge in [0.05, 0.1) is 22.2 Å². The van der Waals surface area contributed by atoms with Crippen molar-refractivity contribution in [2.45, 2.75) is 19.9 Å². The molecule has 0 spiro atoms. The van der Waals surface area contributed by atoms with E-state index in [4.69, 9.17) is 0 Å². The lowest BCUT2D eigenvalue weighted by Gasteiger charge is -2.14. The fraction of sp³-hybridized carbons (Fsp3) is 0.286. The zero-order valence-electron chi connectivity index (χ0n) is 12.4. The quantitative estimate of drug-likeness (QED) is 0.652. The molecule has 2 rings (SSSR count). The predicted molar refractivity (Wildman–Crippen MR) is 85.4 cm³/mol. The summed E-state index contributed by atoms with van der Waals surface area (Å²) >= 11 is 1.22. The van der Waals surface area contributed by atoms with Crippen LogP contribution in [-0.2, 0) is 0 Å². The summed E-state index contributed by atoms with van der Waals surface area (Å²) in [4.78, 5) is 22.8. The predicted octanol–water partition coefficient (Wildman–Crippen LogP) is 2.89. The van der Waals surface area contributed by atoms with E-state index in [1.807, 2.05) is 0 Å². The molecule has 0 aliphatic carbocycles. The van der Waals surface area contributed by atoms with Crippen LogP contribution in [0.1, 0.15) is 34.6 Å². The van der Waals surface area contributed by atoms with Crippen molar-refractivity contribution in [3.8, 4) is 0 Å². The van der Waals surface area contributed by atoms with E-state index >= 15 is 0 Å². The molecule has 0 fully saturated rings. The van der Waals surface area contributed by atoms with Gasteiger partial charge in [0.25, 0.3) is 11.6 Å². The Bertz CT molecular complexity index is 714. The van der Waals surface area contributed by atoms with Crippen molar-refractivity contribution >= 4 is 28.1 Å². The molecule has 1 aromatic carbocycles. The number of rotatable bonds is 5. The van der Waals surface area contributed by atoms with Gasteiger partial charge in [-0.25, -0.2) is 0 Å². The van der Waals surface area contributed by atoms with Crippen LogP contribution in [0.5, 0.6) is 0 Å². The maximum Gasteiger partial charge on any atom is 0.269 e. The van der Waals surface area contributed by atoms with Crippen molar-refractivity contribution in [2.75, 3.05) is 12.4 Å². The van der Waals surface area contributed by atoms with Crippen LogP contribution in [0.15, 0.2) is 24.3 Å². The number of nitrogens with zero attached hydrogens (tertiary/aromatic N) is 2. The fourth-order valence-electron chi connectivity index (χ4n) is 2.07. The van der Waals surface area contributed by atoms with Crippen LogP contribution in [-0.4, -0.2) is 22.3 Å². The highest BCUT2D eigenvalue weighted by molar-refractivity contribution is 7.10. The Morgan fingerprint density at radius 1 is 1.45 bits per heavy atom. The summed E-state index contributed by atoms with van der Waals surface area (Å²) in [5.41, 5.74) is 1.83. The van der Waals surface area contributed by atoms with Crippen LogP contribution >= 0.6 is 11.5 Å². The minimum absolute atomic E-state index is 0.00268. The van der Waals surface area contributed by atoms with Gasteiger partial charge in [-0.2, -0.15) is 4.37 Å². The topological polar surface area (TPSA) is 97.2 Å². The molecule has 0 saturated carbocycles. The third kappa shape index (κ3) is 3.22. The zero-order valence-corrected chi connectivity index (χ0v) is 13.2. The van der Waals surface area contributed by atoms with E-state index in [9.17, 15) is 14.9 Å². The maximum absolute atomic E-state index is 12.4. The van der Waals surface area contributed by atoms with Gasteiger partial charge in [-0.1, -0.05) is 12.1 Å². The molecule has 0 aliphatic heterocycles. The number of amides is 1. The van der Waals surface area contributed by atoms with Gasteiger partial charge < -0.3 is 10.6 Å². The Morgan fingerprint density at radius 3 is 2.82 bits per heavy atom. The molecule has 1 aromatic heterocycles. The van der Waals surface area contributed by atoms with Gasteiger partial charge in [0.15, 0.2) is 0 Å². The van der Waals surface area contributed by atoms with E-state index in [1.54, 1.807) is 33.0 Å². The highest BCUT2D eigenvalue weighted by Crippen LogP contribution is 2.25. The molecule has 2 aromatic rings. The lowest BCUT2D eigenvalue weighted by Crippen LogP contribution is -2.27. The summed E-state index contributed by atoms with van der Waals surface area (Å²) < 4.78 is 4.15. The minimum atomic E-state index is -0.454. The number of nitro groups is 1. The number of non-ortho nitro benzene ring substituents is 1. The Hall–Kier alpha value is -2.48. The summed E-state index contributed by atoms with van der Waals surface area (Å²) in [5, 5.41) is 17.3. The van der Waals surface area contributed by atoms with E-state index in [2.05, 4.69) is 15.0 Å². The molecule has 0 unspecified atom stereocenters. The lowest BCUT2D eigenvalue weighted by molar-refractivity contribution is -0.384. The van der Waals surface area contributed by atoms with Crippen molar-refractivity contribution in [3.05, 3.63) is 51.2 Å². The van der Waals surface area contributed by atoms with Crippen LogP contribution in [0.4, 0.5) is 10.7 Å². The number of nitrogens with one attached hydrogen (secondary N) is 2. The number of hydrogen-bond donors (Lipinski definition) is 2. The number of benzene rings is 1. The number of carbonyl (C=O) groups is 1. The van der Waals surface area contributed by atoms with Gasteiger partial charge in [-0.15, -0.1) is 0 Å². The Labute approximate surface area is 131 Å². The van der Waals surface area contributed by atoms with Gasteiger partial charge in [0.2, 0.25) is 0 Å². The van der Waals surface area contributed by atoms with Crippen LogP contribution in [0.25, 0.3) is 0 Å².